The lowest BCUT2D eigenvalue weighted by Crippen LogP contribution is -2.41. The van der Waals surface area contributed by atoms with Crippen molar-refractivity contribution in [2.75, 3.05) is 12.3 Å². The van der Waals surface area contributed by atoms with E-state index in [1.165, 1.54) is 6.07 Å². The van der Waals surface area contributed by atoms with E-state index in [2.05, 4.69) is 4.72 Å². The smallest absolute Gasteiger partial charge is 0.241 e. The number of benzene rings is 1. The van der Waals surface area contributed by atoms with Crippen LogP contribution >= 0.6 is 0 Å². The SMILES string of the molecule is CC(C)C(CO)NS(=O)(=O)c1cc(N)cc(F)c1. The Morgan fingerprint density at radius 2 is 2.00 bits per heavy atom. The molecule has 0 saturated heterocycles. The van der Waals surface area contributed by atoms with Crippen LogP contribution in [0.4, 0.5) is 10.1 Å². The maximum atomic E-state index is 13.1. The number of nitrogens with one attached hydrogen (secondary N) is 1. The lowest BCUT2D eigenvalue weighted by molar-refractivity contribution is 0.227. The van der Waals surface area contributed by atoms with Crippen molar-refractivity contribution < 1.29 is 17.9 Å². The second-order valence-electron chi connectivity index (χ2n) is 4.37. The van der Waals surface area contributed by atoms with Gasteiger partial charge in [-0.2, -0.15) is 0 Å². The van der Waals surface area contributed by atoms with Gasteiger partial charge in [-0.15, -0.1) is 0 Å². The first kappa shape index (κ1) is 14.9. The summed E-state index contributed by atoms with van der Waals surface area (Å²) in [5.41, 5.74) is 5.43. The van der Waals surface area contributed by atoms with Crippen molar-refractivity contribution in [3.63, 3.8) is 0 Å². The van der Waals surface area contributed by atoms with Gasteiger partial charge in [-0.05, 0) is 24.1 Å². The van der Waals surface area contributed by atoms with E-state index < -0.39 is 21.9 Å². The number of aliphatic hydroxyl groups is 1. The van der Waals surface area contributed by atoms with E-state index in [4.69, 9.17) is 10.8 Å². The highest BCUT2D eigenvalue weighted by molar-refractivity contribution is 7.89. The molecule has 0 aliphatic rings. The number of nitrogens with two attached hydrogens (primary N) is 1. The third kappa shape index (κ3) is 3.66. The average molecular weight is 276 g/mol. The number of nitrogen functional groups attached to an aromatic ring is 1. The van der Waals surface area contributed by atoms with Gasteiger partial charge in [0.25, 0.3) is 0 Å². The van der Waals surface area contributed by atoms with E-state index >= 15 is 0 Å². The zero-order valence-electron chi connectivity index (χ0n) is 10.2. The molecule has 1 atom stereocenters. The number of hydrogen-bond acceptors (Lipinski definition) is 4. The predicted molar refractivity (Wildman–Crippen MR) is 66.8 cm³/mol. The summed E-state index contributed by atoms with van der Waals surface area (Å²) in [7, 11) is -3.89. The van der Waals surface area contributed by atoms with Gasteiger partial charge in [0.15, 0.2) is 0 Å². The van der Waals surface area contributed by atoms with Gasteiger partial charge in [-0.1, -0.05) is 13.8 Å². The Morgan fingerprint density at radius 1 is 1.39 bits per heavy atom. The van der Waals surface area contributed by atoms with Crippen molar-refractivity contribution in [2.24, 2.45) is 5.92 Å². The summed E-state index contributed by atoms with van der Waals surface area (Å²) >= 11 is 0. The Labute approximate surface area is 106 Å². The molecule has 1 aromatic rings. The fraction of sp³-hybridized carbons (Fsp3) is 0.455. The standard InChI is InChI=1S/C11H17FN2O3S/c1-7(2)11(6-15)14-18(16,17)10-4-8(12)3-9(13)5-10/h3-5,7,11,14-15H,6,13H2,1-2H3. The summed E-state index contributed by atoms with van der Waals surface area (Å²) in [5.74, 6) is -0.809. The molecule has 0 saturated carbocycles. The number of aliphatic hydroxyl groups excluding tert-OH is 1. The molecule has 102 valence electrons. The topological polar surface area (TPSA) is 92.4 Å². The molecule has 1 aromatic carbocycles. The Bertz CT molecular complexity index is 497. The van der Waals surface area contributed by atoms with E-state index in [1.807, 2.05) is 0 Å². The molecular weight excluding hydrogens is 259 g/mol. The van der Waals surface area contributed by atoms with E-state index in [-0.39, 0.29) is 23.1 Å². The molecule has 18 heavy (non-hydrogen) atoms. The first-order valence-electron chi connectivity index (χ1n) is 5.45. The average Bonchev–Trinajstić information content (AvgIpc) is 2.24. The van der Waals surface area contributed by atoms with Crippen LogP contribution in [-0.2, 0) is 10.0 Å². The maximum absolute atomic E-state index is 13.1. The number of rotatable bonds is 5. The molecule has 0 radical (unpaired) electrons. The molecule has 0 aromatic heterocycles. The molecular formula is C11H17FN2O3S. The van der Waals surface area contributed by atoms with Crippen LogP contribution in [0.25, 0.3) is 0 Å². The Kier molecular flexibility index (Phi) is 4.66. The monoisotopic (exact) mass is 276 g/mol. The maximum Gasteiger partial charge on any atom is 0.241 e. The van der Waals surface area contributed by atoms with Gasteiger partial charge in [-0.3, -0.25) is 0 Å². The number of halogens is 1. The minimum absolute atomic E-state index is 0.0282. The Balaban J connectivity index is 3.06. The van der Waals surface area contributed by atoms with Crippen molar-refractivity contribution in [1.29, 1.82) is 0 Å². The summed E-state index contributed by atoms with van der Waals surface area (Å²) in [6.45, 7) is 3.20. The second-order valence-corrected chi connectivity index (χ2v) is 6.09. The molecule has 5 nitrogen and oxygen atoms in total. The molecule has 0 amide bonds. The van der Waals surface area contributed by atoms with Crippen LogP contribution in [0.5, 0.6) is 0 Å². The minimum Gasteiger partial charge on any atom is -0.399 e. The van der Waals surface area contributed by atoms with Crippen LogP contribution < -0.4 is 10.5 Å². The van der Waals surface area contributed by atoms with Crippen LogP contribution in [0.3, 0.4) is 0 Å². The van der Waals surface area contributed by atoms with Crippen LogP contribution in [0.15, 0.2) is 23.1 Å². The van der Waals surface area contributed by atoms with E-state index in [1.54, 1.807) is 13.8 Å². The highest BCUT2D eigenvalue weighted by Crippen LogP contribution is 2.17. The highest BCUT2D eigenvalue weighted by atomic mass is 32.2. The van der Waals surface area contributed by atoms with Crippen LogP contribution in [-0.4, -0.2) is 26.2 Å². The molecule has 7 heteroatoms. The van der Waals surface area contributed by atoms with Gasteiger partial charge in [0, 0.05) is 11.7 Å². The lowest BCUT2D eigenvalue weighted by Gasteiger charge is -2.19. The first-order chi connectivity index (χ1) is 8.26. The molecule has 1 unspecified atom stereocenters. The Morgan fingerprint density at radius 3 is 2.44 bits per heavy atom. The summed E-state index contributed by atoms with van der Waals surface area (Å²) in [6, 6.07) is 2.46. The zero-order chi connectivity index (χ0) is 13.9. The van der Waals surface area contributed by atoms with Gasteiger partial charge in [0.05, 0.1) is 11.5 Å². The van der Waals surface area contributed by atoms with Gasteiger partial charge in [0.2, 0.25) is 10.0 Å². The summed E-state index contributed by atoms with van der Waals surface area (Å²) in [5, 5.41) is 9.09. The van der Waals surface area contributed by atoms with Crippen molar-refractivity contribution in [2.45, 2.75) is 24.8 Å². The predicted octanol–water partition coefficient (Wildman–Crippen LogP) is 0.703. The summed E-state index contributed by atoms with van der Waals surface area (Å²) in [6.07, 6.45) is 0. The molecule has 0 fully saturated rings. The third-order valence-corrected chi connectivity index (χ3v) is 3.98. The van der Waals surface area contributed by atoms with E-state index in [9.17, 15) is 12.8 Å². The van der Waals surface area contributed by atoms with Crippen LogP contribution in [0, 0.1) is 11.7 Å². The molecule has 0 aliphatic carbocycles. The molecule has 0 bridgehead atoms. The van der Waals surface area contributed by atoms with Crippen LogP contribution in [0.1, 0.15) is 13.8 Å². The van der Waals surface area contributed by atoms with Gasteiger partial charge in [0.1, 0.15) is 5.82 Å². The summed E-state index contributed by atoms with van der Waals surface area (Å²) in [4.78, 5) is -0.251. The molecule has 4 N–H and O–H groups in total. The van der Waals surface area contributed by atoms with E-state index in [0.717, 1.165) is 12.1 Å². The zero-order valence-corrected chi connectivity index (χ0v) is 11.0. The molecule has 0 aliphatic heterocycles. The minimum atomic E-state index is -3.89. The second kappa shape index (κ2) is 5.64. The number of sulfonamides is 1. The quantitative estimate of drug-likeness (QED) is 0.690. The molecule has 0 heterocycles. The number of anilines is 1. The fourth-order valence-electron chi connectivity index (χ4n) is 1.39. The van der Waals surface area contributed by atoms with Gasteiger partial charge in [-0.25, -0.2) is 17.5 Å². The van der Waals surface area contributed by atoms with Crippen molar-refractivity contribution in [3.05, 3.63) is 24.0 Å². The normalized spacial score (nSPS) is 13.8. The van der Waals surface area contributed by atoms with Gasteiger partial charge >= 0.3 is 0 Å². The fourth-order valence-corrected chi connectivity index (χ4v) is 2.83. The lowest BCUT2D eigenvalue weighted by atomic mass is 10.1. The van der Waals surface area contributed by atoms with Gasteiger partial charge < -0.3 is 10.8 Å². The van der Waals surface area contributed by atoms with Crippen molar-refractivity contribution >= 4 is 15.7 Å². The molecule has 1 rings (SSSR count). The Hall–Kier alpha value is -1.18. The molecule has 0 spiro atoms. The largest absolute Gasteiger partial charge is 0.399 e. The third-order valence-electron chi connectivity index (χ3n) is 2.51. The van der Waals surface area contributed by atoms with E-state index in [0.29, 0.717) is 0 Å². The van der Waals surface area contributed by atoms with Crippen LogP contribution in [0.2, 0.25) is 0 Å². The number of hydrogen-bond donors (Lipinski definition) is 3. The highest BCUT2D eigenvalue weighted by Gasteiger charge is 2.22. The van der Waals surface area contributed by atoms with Crippen molar-refractivity contribution in [3.8, 4) is 0 Å². The summed E-state index contributed by atoms with van der Waals surface area (Å²) < 4.78 is 39.4. The first-order valence-corrected chi connectivity index (χ1v) is 6.94. The van der Waals surface area contributed by atoms with Crippen molar-refractivity contribution in [1.82, 2.24) is 4.72 Å².